The number of hydrogen-bond donors (Lipinski definition) is 3. The summed E-state index contributed by atoms with van der Waals surface area (Å²) < 4.78 is 11.2. The van der Waals surface area contributed by atoms with Crippen molar-refractivity contribution in [3.8, 4) is 5.75 Å². The van der Waals surface area contributed by atoms with E-state index in [1.165, 1.54) is 0 Å². The van der Waals surface area contributed by atoms with Crippen LogP contribution in [0.5, 0.6) is 5.75 Å². The van der Waals surface area contributed by atoms with E-state index in [1.807, 2.05) is 38.1 Å². The van der Waals surface area contributed by atoms with Gasteiger partial charge in [0, 0.05) is 20.2 Å². The molecule has 0 aliphatic heterocycles. The molecule has 1 aromatic carbocycles. The SMILES string of the molecule is CCNC(=NCC(O)COc1cccc(C)c1)NCC(OC)C(C)(C)C. The highest BCUT2D eigenvalue weighted by Gasteiger charge is 2.24. The molecular formula is C20H35N3O3. The number of aliphatic imine (C=N–C) groups is 1. The minimum Gasteiger partial charge on any atom is -0.491 e. The molecule has 6 nitrogen and oxygen atoms in total. The van der Waals surface area contributed by atoms with Gasteiger partial charge in [-0.3, -0.25) is 4.99 Å². The Labute approximate surface area is 158 Å². The zero-order valence-corrected chi connectivity index (χ0v) is 17.0. The topological polar surface area (TPSA) is 75.1 Å². The summed E-state index contributed by atoms with van der Waals surface area (Å²) in [5.74, 6) is 1.42. The number of benzene rings is 1. The number of rotatable bonds is 9. The van der Waals surface area contributed by atoms with Gasteiger partial charge in [0.25, 0.3) is 0 Å². The van der Waals surface area contributed by atoms with E-state index >= 15 is 0 Å². The van der Waals surface area contributed by atoms with Crippen molar-refractivity contribution in [3.63, 3.8) is 0 Å². The van der Waals surface area contributed by atoms with Gasteiger partial charge in [-0.25, -0.2) is 0 Å². The molecule has 148 valence electrons. The number of guanidine groups is 1. The summed E-state index contributed by atoms with van der Waals surface area (Å²) >= 11 is 0. The molecule has 0 radical (unpaired) electrons. The molecule has 0 spiro atoms. The van der Waals surface area contributed by atoms with Crippen LogP contribution in [0.1, 0.15) is 33.3 Å². The maximum absolute atomic E-state index is 10.1. The van der Waals surface area contributed by atoms with Crippen molar-refractivity contribution < 1.29 is 14.6 Å². The van der Waals surface area contributed by atoms with Crippen LogP contribution in [0.4, 0.5) is 0 Å². The molecule has 0 amide bonds. The van der Waals surface area contributed by atoms with Crippen molar-refractivity contribution >= 4 is 5.96 Å². The Kier molecular flexibility index (Phi) is 9.44. The van der Waals surface area contributed by atoms with Crippen molar-refractivity contribution in [1.29, 1.82) is 0 Å². The fourth-order valence-corrected chi connectivity index (χ4v) is 2.42. The molecule has 0 aliphatic carbocycles. The van der Waals surface area contributed by atoms with Crippen LogP contribution < -0.4 is 15.4 Å². The first-order chi connectivity index (χ1) is 12.3. The van der Waals surface area contributed by atoms with Crippen LogP contribution in [0, 0.1) is 12.3 Å². The largest absolute Gasteiger partial charge is 0.491 e. The van der Waals surface area contributed by atoms with Crippen molar-refractivity contribution in [1.82, 2.24) is 10.6 Å². The highest BCUT2D eigenvalue weighted by molar-refractivity contribution is 5.79. The number of aliphatic hydroxyl groups is 1. The van der Waals surface area contributed by atoms with E-state index in [4.69, 9.17) is 9.47 Å². The third-order valence-corrected chi connectivity index (χ3v) is 3.94. The van der Waals surface area contributed by atoms with Crippen molar-refractivity contribution in [2.24, 2.45) is 10.4 Å². The van der Waals surface area contributed by atoms with Crippen LogP contribution in [-0.2, 0) is 4.74 Å². The van der Waals surface area contributed by atoms with Gasteiger partial charge in [-0.15, -0.1) is 0 Å². The normalized spacial score (nSPS) is 14.7. The molecule has 2 atom stereocenters. The van der Waals surface area contributed by atoms with Crippen molar-refractivity contribution in [2.75, 3.05) is 33.4 Å². The molecule has 0 aromatic heterocycles. The second-order valence-electron chi connectivity index (χ2n) is 7.47. The van der Waals surface area contributed by atoms with E-state index in [2.05, 4.69) is 36.4 Å². The lowest BCUT2D eigenvalue weighted by atomic mass is 9.89. The Bertz CT molecular complexity index is 555. The molecule has 6 heteroatoms. The van der Waals surface area contributed by atoms with E-state index in [0.717, 1.165) is 17.9 Å². The van der Waals surface area contributed by atoms with Crippen LogP contribution in [-0.4, -0.2) is 56.6 Å². The molecule has 0 heterocycles. The number of aliphatic hydroxyl groups excluding tert-OH is 1. The Balaban J connectivity index is 2.51. The molecule has 0 bridgehead atoms. The zero-order chi connectivity index (χ0) is 19.6. The summed E-state index contributed by atoms with van der Waals surface area (Å²) in [4.78, 5) is 4.44. The second-order valence-corrected chi connectivity index (χ2v) is 7.47. The molecule has 0 aliphatic rings. The van der Waals surface area contributed by atoms with Gasteiger partial charge in [0.1, 0.15) is 18.5 Å². The summed E-state index contributed by atoms with van der Waals surface area (Å²) in [6.07, 6.45) is -0.618. The maximum Gasteiger partial charge on any atom is 0.191 e. The summed E-state index contributed by atoms with van der Waals surface area (Å²) in [6, 6.07) is 7.77. The molecule has 0 saturated carbocycles. The van der Waals surface area contributed by atoms with E-state index in [-0.39, 0.29) is 24.7 Å². The first kappa shape index (κ1) is 22.3. The predicted molar refractivity (Wildman–Crippen MR) is 107 cm³/mol. The highest BCUT2D eigenvalue weighted by atomic mass is 16.5. The van der Waals surface area contributed by atoms with Crippen molar-refractivity contribution in [3.05, 3.63) is 29.8 Å². The quantitative estimate of drug-likeness (QED) is 0.463. The lowest BCUT2D eigenvalue weighted by Crippen LogP contribution is -2.45. The van der Waals surface area contributed by atoms with E-state index in [1.54, 1.807) is 7.11 Å². The number of nitrogens with zero attached hydrogens (tertiary/aromatic N) is 1. The predicted octanol–water partition coefficient (Wildman–Crippen LogP) is 2.35. The van der Waals surface area contributed by atoms with Crippen LogP contribution >= 0.6 is 0 Å². The average molecular weight is 366 g/mol. The molecule has 0 saturated heterocycles. The fourth-order valence-electron chi connectivity index (χ4n) is 2.42. The molecule has 26 heavy (non-hydrogen) atoms. The van der Waals surface area contributed by atoms with Gasteiger partial charge < -0.3 is 25.2 Å². The van der Waals surface area contributed by atoms with Gasteiger partial charge in [-0.1, -0.05) is 32.9 Å². The van der Waals surface area contributed by atoms with Gasteiger partial charge in [-0.05, 0) is 37.0 Å². The standard InChI is InChI=1S/C20H35N3O3/c1-7-21-19(23-13-18(25-6)20(3,4)5)22-12-16(24)14-26-17-10-8-9-15(2)11-17/h8-11,16,18,24H,7,12-14H2,1-6H3,(H2,21,22,23). The minimum atomic E-state index is -0.674. The van der Waals surface area contributed by atoms with E-state index < -0.39 is 6.10 Å². The Morgan fingerprint density at radius 3 is 2.58 bits per heavy atom. The fraction of sp³-hybridized carbons (Fsp3) is 0.650. The highest BCUT2D eigenvalue weighted by Crippen LogP contribution is 2.20. The summed E-state index contributed by atoms with van der Waals surface area (Å²) in [7, 11) is 1.72. The molecule has 0 fully saturated rings. The first-order valence-electron chi connectivity index (χ1n) is 9.18. The van der Waals surface area contributed by atoms with Gasteiger partial charge in [0.05, 0.1) is 12.6 Å². The monoisotopic (exact) mass is 365 g/mol. The van der Waals surface area contributed by atoms with Gasteiger partial charge in [0.2, 0.25) is 0 Å². The van der Waals surface area contributed by atoms with Gasteiger partial charge in [0.15, 0.2) is 5.96 Å². The number of aryl methyl sites for hydroxylation is 1. The second kappa shape index (κ2) is 11.0. The van der Waals surface area contributed by atoms with Gasteiger partial charge >= 0.3 is 0 Å². The van der Waals surface area contributed by atoms with Crippen molar-refractivity contribution in [2.45, 2.75) is 46.8 Å². The Hall–Kier alpha value is -1.79. The summed E-state index contributed by atoms with van der Waals surface area (Å²) in [5, 5.41) is 16.6. The minimum absolute atomic E-state index is 0.0280. The first-order valence-corrected chi connectivity index (χ1v) is 9.18. The maximum atomic E-state index is 10.1. The molecule has 3 N–H and O–H groups in total. The Morgan fingerprint density at radius 1 is 1.27 bits per heavy atom. The van der Waals surface area contributed by atoms with Gasteiger partial charge in [-0.2, -0.15) is 0 Å². The molecular weight excluding hydrogens is 330 g/mol. The van der Waals surface area contributed by atoms with E-state index in [9.17, 15) is 5.11 Å². The molecule has 1 rings (SSSR count). The van der Waals surface area contributed by atoms with Crippen LogP contribution in [0.15, 0.2) is 29.3 Å². The summed E-state index contributed by atoms with van der Waals surface area (Å²) in [6.45, 7) is 12.3. The van der Waals surface area contributed by atoms with E-state index in [0.29, 0.717) is 12.5 Å². The number of methoxy groups -OCH3 is 1. The van der Waals surface area contributed by atoms with Crippen LogP contribution in [0.25, 0.3) is 0 Å². The lowest BCUT2D eigenvalue weighted by molar-refractivity contribution is 0.0205. The number of ether oxygens (including phenoxy) is 2. The third kappa shape index (κ3) is 8.54. The molecule has 1 aromatic rings. The Morgan fingerprint density at radius 2 is 2.00 bits per heavy atom. The lowest BCUT2D eigenvalue weighted by Gasteiger charge is -2.30. The smallest absolute Gasteiger partial charge is 0.191 e. The van der Waals surface area contributed by atoms with Crippen LogP contribution in [0.2, 0.25) is 0 Å². The molecule has 2 unspecified atom stereocenters. The zero-order valence-electron chi connectivity index (χ0n) is 17.0. The van der Waals surface area contributed by atoms with Crippen LogP contribution in [0.3, 0.4) is 0 Å². The summed E-state index contributed by atoms with van der Waals surface area (Å²) in [5.41, 5.74) is 1.15. The third-order valence-electron chi connectivity index (χ3n) is 3.94. The number of hydrogen-bond acceptors (Lipinski definition) is 4. The number of nitrogens with one attached hydrogen (secondary N) is 2. The average Bonchev–Trinajstić information content (AvgIpc) is 2.57.